The molecule has 0 aliphatic heterocycles. The van der Waals surface area contributed by atoms with E-state index in [-0.39, 0.29) is 10.6 Å². The molecule has 26 heavy (non-hydrogen) atoms. The predicted octanol–water partition coefficient (Wildman–Crippen LogP) is 1.82. The second-order valence-electron chi connectivity index (χ2n) is 5.62. The fraction of sp³-hybridized carbons (Fsp3) is 0.235. The average molecular weight is 371 g/mol. The van der Waals surface area contributed by atoms with Crippen LogP contribution in [0.15, 0.2) is 59.8 Å². The molecule has 0 radical (unpaired) electrons. The third kappa shape index (κ3) is 4.87. The van der Waals surface area contributed by atoms with E-state index in [1.165, 1.54) is 0 Å². The van der Waals surface area contributed by atoms with Gasteiger partial charge in [0.2, 0.25) is 5.16 Å². The number of hydrogen-bond acceptors (Lipinski definition) is 6. The molecule has 0 aliphatic carbocycles. The molecule has 0 aliphatic rings. The van der Waals surface area contributed by atoms with E-state index in [1.807, 2.05) is 30.3 Å². The van der Waals surface area contributed by atoms with Gasteiger partial charge in [0, 0.05) is 29.9 Å². The number of non-ortho nitro benzene ring substituents is 1. The highest BCUT2D eigenvalue weighted by molar-refractivity contribution is 7.99. The summed E-state index contributed by atoms with van der Waals surface area (Å²) < 4.78 is 1.74. The molecule has 9 heteroatoms. The standard InChI is InChI=1S/C17H18N6O2S/c24-23(25)16-9-7-14(8-10-16)13-18-11-4-12-26-17-19-20-21-22(17)15-5-2-1-3-6-15/h1-3,5-10,18H,4,11-13H2/p+1. The van der Waals surface area contributed by atoms with Gasteiger partial charge in [-0.25, -0.2) is 0 Å². The van der Waals surface area contributed by atoms with Gasteiger partial charge in [0.15, 0.2) is 0 Å². The van der Waals surface area contributed by atoms with Crippen molar-refractivity contribution in [2.24, 2.45) is 0 Å². The number of rotatable bonds is 9. The molecule has 1 aromatic heterocycles. The maximum Gasteiger partial charge on any atom is 0.269 e. The van der Waals surface area contributed by atoms with E-state index >= 15 is 0 Å². The molecule has 3 aromatic rings. The lowest BCUT2D eigenvalue weighted by Crippen LogP contribution is -2.82. The van der Waals surface area contributed by atoms with Crippen molar-refractivity contribution < 1.29 is 10.2 Å². The summed E-state index contributed by atoms with van der Waals surface area (Å²) in [5.74, 6) is 0.921. The number of nitrogens with zero attached hydrogens (tertiary/aromatic N) is 5. The van der Waals surface area contributed by atoms with Crippen LogP contribution in [0.1, 0.15) is 12.0 Å². The van der Waals surface area contributed by atoms with Gasteiger partial charge >= 0.3 is 0 Å². The molecule has 0 fully saturated rings. The average Bonchev–Trinajstić information content (AvgIpc) is 3.14. The summed E-state index contributed by atoms with van der Waals surface area (Å²) in [4.78, 5) is 10.3. The van der Waals surface area contributed by atoms with Gasteiger partial charge in [0.25, 0.3) is 5.69 Å². The molecule has 1 heterocycles. The minimum Gasteiger partial charge on any atom is -0.342 e. The maximum absolute atomic E-state index is 10.6. The number of hydrogen-bond donors (Lipinski definition) is 1. The van der Waals surface area contributed by atoms with Gasteiger partial charge in [0.05, 0.1) is 17.2 Å². The summed E-state index contributed by atoms with van der Waals surface area (Å²) in [6, 6.07) is 16.5. The highest BCUT2D eigenvalue weighted by Crippen LogP contribution is 2.18. The van der Waals surface area contributed by atoms with Crippen LogP contribution in [0.25, 0.3) is 5.69 Å². The first-order valence-electron chi connectivity index (χ1n) is 8.25. The second-order valence-corrected chi connectivity index (χ2v) is 6.68. The van der Waals surface area contributed by atoms with E-state index in [9.17, 15) is 10.1 Å². The molecule has 0 saturated heterocycles. The number of nitro groups is 1. The number of benzene rings is 2. The first kappa shape index (κ1) is 18.0. The molecule has 0 atom stereocenters. The smallest absolute Gasteiger partial charge is 0.269 e. The van der Waals surface area contributed by atoms with Gasteiger partial charge < -0.3 is 5.32 Å². The Hall–Kier alpha value is -2.78. The lowest BCUT2D eigenvalue weighted by atomic mass is 10.2. The van der Waals surface area contributed by atoms with Crippen molar-refractivity contribution in [3.63, 3.8) is 0 Å². The highest BCUT2D eigenvalue weighted by Gasteiger charge is 2.08. The van der Waals surface area contributed by atoms with Crippen molar-refractivity contribution >= 4 is 17.4 Å². The van der Waals surface area contributed by atoms with E-state index in [1.54, 1.807) is 40.7 Å². The van der Waals surface area contributed by atoms with Gasteiger partial charge in [-0.3, -0.25) is 10.1 Å². The van der Waals surface area contributed by atoms with Gasteiger partial charge in [-0.05, 0) is 34.7 Å². The van der Waals surface area contributed by atoms with Crippen LogP contribution in [0.3, 0.4) is 0 Å². The SMILES string of the molecule is O=[N+]([O-])c1ccc(C[NH2+]CCCSc2nnnn2-c2ccccc2)cc1. The molecule has 0 saturated carbocycles. The first-order valence-corrected chi connectivity index (χ1v) is 9.24. The molecule has 3 rings (SSSR count). The normalized spacial score (nSPS) is 10.8. The third-order valence-corrected chi connectivity index (χ3v) is 4.76. The number of nitrogens with two attached hydrogens (primary N) is 1. The quantitative estimate of drug-likeness (QED) is 0.266. The summed E-state index contributed by atoms with van der Waals surface area (Å²) in [7, 11) is 0. The maximum atomic E-state index is 10.6. The number of para-hydroxylation sites is 1. The van der Waals surface area contributed by atoms with Crippen LogP contribution >= 0.6 is 11.8 Å². The Morgan fingerprint density at radius 3 is 2.62 bits per heavy atom. The summed E-state index contributed by atoms with van der Waals surface area (Å²) in [6.07, 6.45) is 1.01. The van der Waals surface area contributed by atoms with Crippen molar-refractivity contribution in [3.8, 4) is 5.69 Å². The van der Waals surface area contributed by atoms with Crippen LogP contribution in [0.5, 0.6) is 0 Å². The third-order valence-electron chi connectivity index (χ3n) is 3.75. The zero-order chi connectivity index (χ0) is 18.2. The van der Waals surface area contributed by atoms with Crippen LogP contribution in [0.2, 0.25) is 0 Å². The second kappa shape index (κ2) is 9.07. The van der Waals surface area contributed by atoms with Crippen molar-refractivity contribution in [3.05, 3.63) is 70.3 Å². The number of thioether (sulfide) groups is 1. The van der Waals surface area contributed by atoms with Crippen LogP contribution in [0, 0.1) is 10.1 Å². The topological polar surface area (TPSA) is 103 Å². The molecular formula is C17H19N6O2S+. The van der Waals surface area contributed by atoms with E-state index in [2.05, 4.69) is 20.8 Å². The van der Waals surface area contributed by atoms with Crippen LogP contribution in [-0.2, 0) is 6.54 Å². The van der Waals surface area contributed by atoms with E-state index in [0.717, 1.165) is 41.7 Å². The van der Waals surface area contributed by atoms with E-state index in [4.69, 9.17) is 0 Å². The first-order chi connectivity index (χ1) is 12.7. The Morgan fingerprint density at radius 1 is 1.12 bits per heavy atom. The summed E-state index contributed by atoms with van der Waals surface area (Å²) in [5.41, 5.74) is 2.15. The minimum atomic E-state index is -0.381. The Labute approximate surface area is 154 Å². The molecule has 0 unspecified atom stereocenters. The predicted molar refractivity (Wildman–Crippen MR) is 98.1 cm³/mol. The van der Waals surface area contributed by atoms with Gasteiger partial charge in [-0.15, -0.1) is 5.10 Å². The Kier molecular flexibility index (Phi) is 6.29. The van der Waals surface area contributed by atoms with Gasteiger partial charge in [0.1, 0.15) is 6.54 Å². The number of aromatic nitrogens is 4. The fourth-order valence-corrected chi connectivity index (χ4v) is 3.27. The Morgan fingerprint density at radius 2 is 1.88 bits per heavy atom. The van der Waals surface area contributed by atoms with Gasteiger partial charge in [-0.2, -0.15) is 4.68 Å². The fourth-order valence-electron chi connectivity index (χ4n) is 2.41. The van der Waals surface area contributed by atoms with Crippen molar-refractivity contribution in [1.82, 2.24) is 20.2 Å². The van der Waals surface area contributed by atoms with E-state index in [0.29, 0.717) is 0 Å². The molecule has 8 nitrogen and oxygen atoms in total. The molecule has 0 amide bonds. The minimum absolute atomic E-state index is 0.126. The van der Waals surface area contributed by atoms with Crippen molar-refractivity contribution in [1.29, 1.82) is 0 Å². The summed E-state index contributed by atoms with van der Waals surface area (Å²) in [5, 5.41) is 25.5. The van der Waals surface area contributed by atoms with Crippen LogP contribution in [0.4, 0.5) is 5.69 Å². The lowest BCUT2D eigenvalue weighted by molar-refractivity contribution is -0.670. The largest absolute Gasteiger partial charge is 0.342 e. The highest BCUT2D eigenvalue weighted by atomic mass is 32.2. The molecule has 134 valence electrons. The van der Waals surface area contributed by atoms with Crippen LogP contribution in [-0.4, -0.2) is 37.4 Å². The number of tetrazole rings is 1. The molecular weight excluding hydrogens is 352 g/mol. The molecule has 0 bridgehead atoms. The Balaban J connectivity index is 1.39. The Bertz CT molecular complexity index is 838. The zero-order valence-corrected chi connectivity index (χ0v) is 14.9. The molecule has 2 aromatic carbocycles. The van der Waals surface area contributed by atoms with Crippen molar-refractivity contribution in [2.45, 2.75) is 18.1 Å². The summed E-state index contributed by atoms with van der Waals surface area (Å²) in [6.45, 7) is 1.78. The number of nitro benzene ring substituents is 1. The molecule has 2 N–H and O–H groups in total. The van der Waals surface area contributed by atoms with Gasteiger partial charge in [-0.1, -0.05) is 30.0 Å². The van der Waals surface area contributed by atoms with E-state index < -0.39 is 0 Å². The monoisotopic (exact) mass is 371 g/mol. The molecule has 0 spiro atoms. The number of quaternary nitrogens is 1. The van der Waals surface area contributed by atoms with Crippen LogP contribution < -0.4 is 5.32 Å². The zero-order valence-electron chi connectivity index (χ0n) is 14.1. The lowest BCUT2D eigenvalue weighted by Gasteiger charge is -2.04. The van der Waals surface area contributed by atoms with Crippen molar-refractivity contribution in [2.75, 3.05) is 12.3 Å². The summed E-state index contributed by atoms with van der Waals surface area (Å²) >= 11 is 1.63.